The standard InChI is InChI=1S/C46H28O/c1-3-16-32-29(12-1)14-9-22-34(32)31-26-27-43-42(28-31)40-24-11-25-41(46(40)47-43)45-38-20-7-5-18-36(38)44(37-19-6-8-21-39(37)45)35-23-10-15-30-13-2-4-17-33(30)35/h1-28H. The summed E-state index contributed by atoms with van der Waals surface area (Å²) in [6.07, 6.45) is 0. The average Bonchev–Trinajstić information content (AvgIpc) is 3.52. The molecule has 0 bridgehead atoms. The van der Waals surface area contributed by atoms with Gasteiger partial charge in [-0.25, -0.2) is 0 Å². The summed E-state index contributed by atoms with van der Waals surface area (Å²) in [5.41, 5.74) is 9.09. The van der Waals surface area contributed by atoms with Crippen molar-refractivity contribution in [3.8, 4) is 33.4 Å². The van der Waals surface area contributed by atoms with Crippen molar-refractivity contribution in [3.05, 3.63) is 170 Å². The second kappa shape index (κ2) is 10.2. The molecule has 10 rings (SSSR count). The van der Waals surface area contributed by atoms with Crippen LogP contribution in [0.15, 0.2) is 174 Å². The van der Waals surface area contributed by atoms with Crippen molar-refractivity contribution in [2.45, 2.75) is 0 Å². The fourth-order valence-corrected chi connectivity index (χ4v) is 7.79. The van der Waals surface area contributed by atoms with E-state index in [4.69, 9.17) is 4.42 Å². The molecule has 1 nitrogen and oxygen atoms in total. The van der Waals surface area contributed by atoms with Crippen LogP contribution < -0.4 is 0 Å². The van der Waals surface area contributed by atoms with Gasteiger partial charge in [-0.05, 0) is 77.5 Å². The molecule has 0 aliphatic heterocycles. The van der Waals surface area contributed by atoms with Gasteiger partial charge < -0.3 is 4.42 Å². The maximum atomic E-state index is 6.79. The molecule has 0 spiro atoms. The summed E-state index contributed by atoms with van der Waals surface area (Å²) in [6, 6.07) is 61.4. The quantitative estimate of drug-likeness (QED) is 0.185. The maximum absolute atomic E-state index is 6.79. The van der Waals surface area contributed by atoms with Crippen molar-refractivity contribution in [2.24, 2.45) is 0 Å². The molecule has 0 atom stereocenters. The summed E-state index contributed by atoms with van der Waals surface area (Å²) in [5, 5.41) is 12.2. The lowest BCUT2D eigenvalue weighted by molar-refractivity contribution is 0.670. The zero-order chi connectivity index (χ0) is 30.9. The number of para-hydroxylation sites is 1. The van der Waals surface area contributed by atoms with E-state index in [-0.39, 0.29) is 0 Å². The van der Waals surface area contributed by atoms with E-state index in [1.165, 1.54) is 70.9 Å². The topological polar surface area (TPSA) is 13.1 Å². The van der Waals surface area contributed by atoms with Gasteiger partial charge in [0.1, 0.15) is 11.2 Å². The van der Waals surface area contributed by atoms with E-state index in [0.29, 0.717) is 0 Å². The molecular formula is C46H28O. The Morgan fingerprint density at radius 2 is 0.745 bits per heavy atom. The van der Waals surface area contributed by atoms with E-state index < -0.39 is 0 Å². The SMILES string of the molecule is c1ccc2c(-c3ccc4oc5c(-c6c7ccccc7c(-c7cccc8ccccc78)c7ccccc67)cccc5c4c3)cccc2c1. The summed E-state index contributed by atoms with van der Waals surface area (Å²) in [7, 11) is 0. The van der Waals surface area contributed by atoms with Crippen molar-refractivity contribution in [2.75, 3.05) is 0 Å². The molecule has 1 heterocycles. The van der Waals surface area contributed by atoms with Crippen LogP contribution in [0.3, 0.4) is 0 Å². The number of fused-ring (bicyclic) bond motifs is 7. The second-order valence-corrected chi connectivity index (χ2v) is 12.4. The Balaban J connectivity index is 1.27. The molecule has 47 heavy (non-hydrogen) atoms. The molecular weight excluding hydrogens is 569 g/mol. The Morgan fingerprint density at radius 1 is 0.298 bits per heavy atom. The molecule has 0 N–H and O–H groups in total. The fourth-order valence-electron chi connectivity index (χ4n) is 7.79. The number of benzene rings is 9. The number of rotatable bonds is 3. The van der Waals surface area contributed by atoms with E-state index >= 15 is 0 Å². The van der Waals surface area contributed by atoms with Gasteiger partial charge in [-0.15, -0.1) is 0 Å². The van der Waals surface area contributed by atoms with Crippen molar-refractivity contribution in [1.29, 1.82) is 0 Å². The predicted molar refractivity (Wildman–Crippen MR) is 200 cm³/mol. The molecule has 0 radical (unpaired) electrons. The molecule has 218 valence electrons. The minimum atomic E-state index is 0.900. The van der Waals surface area contributed by atoms with Crippen LogP contribution >= 0.6 is 0 Å². The predicted octanol–water partition coefficient (Wildman–Crippen LogP) is 13.2. The highest BCUT2D eigenvalue weighted by Gasteiger charge is 2.21. The molecule has 10 aromatic rings. The zero-order valence-corrected chi connectivity index (χ0v) is 25.6. The monoisotopic (exact) mass is 596 g/mol. The van der Waals surface area contributed by atoms with Crippen LogP contribution in [0.1, 0.15) is 0 Å². The van der Waals surface area contributed by atoms with Crippen LogP contribution in [0.4, 0.5) is 0 Å². The van der Waals surface area contributed by atoms with Crippen LogP contribution in [0, 0.1) is 0 Å². The zero-order valence-electron chi connectivity index (χ0n) is 25.6. The highest BCUT2D eigenvalue weighted by molar-refractivity contribution is 6.25. The van der Waals surface area contributed by atoms with E-state index in [0.717, 1.165) is 27.5 Å². The van der Waals surface area contributed by atoms with Crippen LogP contribution in [0.5, 0.6) is 0 Å². The summed E-state index contributed by atoms with van der Waals surface area (Å²) >= 11 is 0. The first-order valence-electron chi connectivity index (χ1n) is 16.2. The maximum Gasteiger partial charge on any atom is 0.143 e. The van der Waals surface area contributed by atoms with Crippen LogP contribution in [-0.2, 0) is 0 Å². The largest absolute Gasteiger partial charge is 0.455 e. The third-order valence-electron chi connectivity index (χ3n) is 9.86. The Labute approximate surface area is 271 Å². The molecule has 1 heteroatoms. The van der Waals surface area contributed by atoms with Crippen molar-refractivity contribution < 1.29 is 4.42 Å². The highest BCUT2D eigenvalue weighted by Crippen LogP contribution is 2.47. The fraction of sp³-hybridized carbons (Fsp3) is 0. The molecule has 0 fully saturated rings. The summed E-state index contributed by atoms with van der Waals surface area (Å²) in [4.78, 5) is 0. The van der Waals surface area contributed by atoms with E-state index in [9.17, 15) is 0 Å². The van der Waals surface area contributed by atoms with Gasteiger partial charge >= 0.3 is 0 Å². The first-order chi connectivity index (χ1) is 23.3. The molecule has 0 saturated carbocycles. The van der Waals surface area contributed by atoms with Gasteiger partial charge in [0, 0.05) is 21.9 Å². The van der Waals surface area contributed by atoms with Gasteiger partial charge in [-0.3, -0.25) is 0 Å². The Morgan fingerprint density at radius 3 is 1.38 bits per heavy atom. The lowest BCUT2D eigenvalue weighted by Crippen LogP contribution is -1.91. The highest BCUT2D eigenvalue weighted by atomic mass is 16.3. The number of furan rings is 1. The van der Waals surface area contributed by atoms with E-state index in [2.05, 4.69) is 170 Å². The lowest BCUT2D eigenvalue weighted by Gasteiger charge is -2.18. The first kappa shape index (κ1) is 26.1. The summed E-state index contributed by atoms with van der Waals surface area (Å²) in [5.74, 6) is 0. The average molecular weight is 597 g/mol. The van der Waals surface area contributed by atoms with Crippen LogP contribution in [0.2, 0.25) is 0 Å². The van der Waals surface area contributed by atoms with Crippen molar-refractivity contribution >= 4 is 65.0 Å². The first-order valence-corrected chi connectivity index (χ1v) is 16.2. The third kappa shape index (κ3) is 3.90. The molecule has 0 saturated heterocycles. The number of hydrogen-bond acceptors (Lipinski definition) is 1. The van der Waals surface area contributed by atoms with Crippen molar-refractivity contribution in [1.82, 2.24) is 0 Å². The molecule has 0 aliphatic rings. The van der Waals surface area contributed by atoms with Gasteiger partial charge in [0.05, 0.1) is 0 Å². The summed E-state index contributed by atoms with van der Waals surface area (Å²) in [6.45, 7) is 0. The summed E-state index contributed by atoms with van der Waals surface area (Å²) < 4.78 is 6.79. The van der Waals surface area contributed by atoms with Gasteiger partial charge in [0.2, 0.25) is 0 Å². The molecule has 1 aromatic heterocycles. The Bertz CT molecular complexity index is 2780. The minimum absolute atomic E-state index is 0.900. The number of hydrogen-bond donors (Lipinski definition) is 0. The second-order valence-electron chi connectivity index (χ2n) is 12.4. The molecule has 9 aromatic carbocycles. The van der Waals surface area contributed by atoms with Gasteiger partial charge in [-0.1, -0.05) is 158 Å². The van der Waals surface area contributed by atoms with Crippen LogP contribution in [0.25, 0.3) is 98.4 Å². The van der Waals surface area contributed by atoms with E-state index in [1.807, 2.05) is 0 Å². The van der Waals surface area contributed by atoms with Crippen LogP contribution in [-0.4, -0.2) is 0 Å². The smallest absolute Gasteiger partial charge is 0.143 e. The third-order valence-corrected chi connectivity index (χ3v) is 9.86. The Kier molecular flexibility index (Phi) is 5.64. The van der Waals surface area contributed by atoms with E-state index in [1.54, 1.807) is 0 Å². The Hall–Kier alpha value is -6.18. The molecule has 0 aliphatic carbocycles. The van der Waals surface area contributed by atoms with Gasteiger partial charge in [-0.2, -0.15) is 0 Å². The van der Waals surface area contributed by atoms with Crippen molar-refractivity contribution in [3.63, 3.8) is 0 Å². The lowest BCUT2D eigenvalue weighted by atomic mass is 9.84. The van der Waals surface area contributed by atoms with Gasteiger partial charge in [0.15, 0.2) is 0 Å². The normalized spacial score (nSPS) is 11.8. The van der Waals surface area contributed by atoms with Gasteiger partial charge in [0.25, 0.3) is 0 Å². The molecule has 0 amide bonds. The molecule has 0 unspecified atom stereocenters. The minimum Gasteiger partial charge on any atom is -0.455 e.